The monoisotopic (exact) mass is 318 g/mol. The van der Waals surface area contributed by atoms with Crippen molar-refractivity contribution in [3.05, 3.63) is 23.8 Å². The maximum atomic E-state index is 6.13. The third kappa shape index (κ3) is 3.15. The zero-order valence-electron chi connectivity index (χ0n) is 14.8. The Bertz CT molecular complexity index is 548. The summed E-state index contributed by atoms with van der Waals surface area (Å²) in [5, 5.41) is 0. The summed E-state index contributed by atoms with van der Waals surface area (Å²) >= 11 is 0. The topological polar surface area (TPSA) is 36.9 Å². The molecule has 0 aromatic heterocycles. The first-order chi connectivity index (χ1) is 10.8. The maximum absolute atomic E-state index is 6.13. The van der Waals surface area contributed by atoms with Crippen molar-refractivity contribution in [2.24, 2.45) is 0 Å². The van der Waals surface area contributed by atoms with Crippen LogP contribution in [-0.4, -0.2) is 38.6 Å². The van der Waals surface area contributed by atoms with Crippen molar-refractivity contribution in [1.29, 1.82) is 0 Å². The first kappa shape index (κ1) is 16.8. The molecule has 2 heterocycles. The molecule has 0 bridgehead atoms. The summed E-state index contributed by atoms with van der Waals surface area (Å²) in [5.41, 5.74) is 1.55. The Labute approximate surface area is 139 Å². The highest BCUT2D eigenvalue weighted by Gasteiger charge is 2.51. The molecule has 2 aliphatic rings. The molecular weight excluding hydrogens is 291 g/mol. The van der Waals surface area contributed by atoms with E-state index < -0.39 is 0 Å². The van der Waals surface area contributed by atoms with Gasteiger partial charge in [0.2, 0.25) is 0 Å². The van der Waals surface area contributed by atoms with E-state index in [1.54, 1.807) is 7.11 Å². The predicted molar refractivity (Wildman–Crippen MR) is 91.5 cm³/mol. The first-order valence-corrected chi connectivity index (χ1v) is 8.45. The van der Waals surface area contributed by atoms with E-state index in [4.69, 9.17) is 18.8 Å². The van der Waals surface area contributed by atoms with E-state index >= 15 is 0 Å². The van der Waals surface area contributed by atoms with Gasteiger partial charge in [-0.1, -0.05) is 12.1 Å². The fourth-order valence-corrected chi connectivity index (χ4v) is 3.18. The van der Waals surface area contributed by atoms with Crippen LogP contribution in [-0.2, 0) is 14.0 Å². The first-order valence-electron chi connectivity index (χ1n) is 8.45. The fraction of sp³-hybridized carbons (Fsp3) is 0.667. The third-order valence-corrected chi connectivity index (χ3v) is 5.38. The predicted octanol–water partition coefficient (Wildman–Crippen LogP) is 2.89. The molecule has 0 amide bonds. The van der Waals surface area contributed by atoms with Crippen LogP contribution in [0.25, 0.3) is 0 Å². The molecule has 4 nitrogen and oxygen atoms in total. The van der Waals surface area contributed by atoms with Gasteiger partial charge < -0.3 is 18.8 Å². The lowest BCUT2D eigenvalue weighted by molar-refractivity contribution is 0.00578. The highest BCUT2D eigenvalue weighted by Crippen LogP contribution is 2.37. The molecule has 3 rings (SSSR count). The third-order valence-electron chi connectivity index (χ3n) is 5.38. The van der Waals surface area contributed by atoms with E-state index in [1.807, 2.05) is 6.07 Å². The molecular formula is C18H27BO4. The SMILES string of the molecule is COc1cc(B2OC(C)(C)C(C)(C)O2)ccc1C1CCCOC1. The van der Waals surface area contributed by atoms with Gasteiger partial charge in [0.15, 0.2) is 0 Å². The zero-order chi connectivity index (χ0) is 16.7. The highest BCUT2D eigenvalue weighted by molar-refractivity contribution is 6.62. The number of methoxy groups -OCH3 is 1. The van der Waals surface area contributed by atoms with Gasteiger partial charge in [-0.05, 0) is 57.6 Å². The van der Waals surface area contributed by atoms with Crippen LogP contribution in [0.1, 0.15) is 52.0 Å². The normalized spacial score (nSPS) is 26.3. The minimum absolute atomic E-state index is 0.333. The molecule has 0 saturated carbocycles. The lowest BCUT2D eigenvalue weighted by Gasteiger charge is -2.32. The molecule has 0 radical (unpaired) electrons. The van der Waals surface area contributed by atoms with Gasteiger partial charge in [0.05, 0.1) is 24.9 Å². The number of ether oxygens (including phenoxy) is 2. The molecule has 1 atom stereocenters. The summed E-state index contributed by atoms with van der Waals surface area (Å²) in [6.07, 6.45) is 2.25. The molecule has 0 aliphatic carbocycles. The molecule has 1 aromatic carbocycles. The molecule has 5 heteroatoms. The standard InChI is InChI=1S/C18H27BO4/c1-17(2)18(3,4)23-19(22-17)14-8-9-15(16(11-14)20-5)13-7-6-10-21-12-13/h8-9,11,13H,6-7,10,12H2,1-5H3. The highest BCUT2D eigenvalue weighted by atomic mass is 16.7. The van der Waals surface area contributed by atoms with Crippen LogP contribution in [0.4, 0.5) is 0 Å². The molecule has 23 heavy (non-hydrogen) atoms. The summed E-state index contributed by atoms with van der Waals surface area (Å²) < 4.78 is 23.5. The zero-order valence-corrected chi connectivity index (χ0v) is 14.8. The minimum Gasteiger partial charge on any atom is -0.496 e. The van der Waals surface area contributed by atoms with Gasteiger partial charge in [0.25, 0.3) is 0 Å². The average molecular weight is 318 g/mol. The van der Waals surface area contributed by atoms with Crippen molar-refractivity contribution in [1.82, 2.24) is 0 Å². The summed E-state index contributed by atoms with van der Waals surface area (Å²) in [6.45, 7) is 9.91. The van der Waals surface area contributed by atoms with Crippen LogP contribution in [0.5, 0.6) is 5.75 Å². The summed E-state index contributed by atoms with van der Waals surface area (Å²) in [6, 6.07) is 6.28. The van der Waals surface area contributed by atoms with Gasteiger partial charge in [-0.15, -0.1) is 0 Å². The van der Waals surface area contributed by atoms with Gasteiger partial charge in [-0.3, -0.25) is 0 Å². The summed E-state index contributed by atoms with van der Waals surface area (Å²) in [4.78, 5) is 0. The second-order valence-electron chi connectivity index (χ2n) is 7.50. The van der Waals surface area contributed by atoms with Crippen LogP contribution in [0, 0.1) is 0 Å². The lowest BCUT2D eigenvalue weighted by Crippen LogP contribution is -2.41. The van der Waals surface area contributed by atoms with E-state index in [0.717, 1.165) is 37.3 Å². The number of benzene rings is 1. The Balaban J connectivity index is 1.85. The molecule has 2 saturated heterocycles. The van der Waals surface area contributed by atoms with Crippen molar-refractivity contribution in [2.75, 3.05) is 20.3 Å². The molecule has 1 aromatic rings. The van der Waals surface area contributed by atoms with Crippen LogP contribution < -0.4 is 10.2 Å². The van der Waals surface area contributed by atoms with Crippen molar-refractivity contribution >= 4 is 12.6 Å². The Kier molecular flexibility index (Phi) is 4.47. The van der Waals surface area contributed by atoms with Gasteiger partial charge in [0, 0.05) is 12.5 Å². The van der Waals surface area contributed by atoms with E-state index in [2.05, 4.69) is 39.8 Å². The molecule has 1 unspecified atom stereocenters. The second kappa shape index (κ2) is 6.12. The Morgan fingerprint density at radius 1 is 1.13 bits per heavy atom. The van der Waals surface area contributed by atoms with E-state index in [-0.39, 0.29) is 18.3 Å². The van der Waals surface area contributed by atoms with Crippen molar-refractivity contribution in [2.45, 2.75) is 57.7 Å². The quantitative estimate of drug-likeness (QED) is 0.803. The summed E-state index contributed by atoms with van der Waals surface area (Å²) in [7, 11) is 1.36. The Morgan fingerprint density at radius 2 is 1.83 bits per heavy atom. The number of rotatable bonds is 3. The van der Waals surface area contributed by atoms with E-state index in [1.165, 1.54) is 5.56 Å². The van der Waals surface area contributed by atoms with Gasteiger partial charge in [-0.25, -0.2) is 0 Å². The molecule has 126 valence electrons. The Hall–Kier alpha value is -1.04. The van der Waals surface area contributed by atoms with Crippen LogP contribution in [0.15, 0.2) is 18.2 Å². The average Bonchev–Trinajstić information content (AvgIpc) is 2.75. The molecule has 0 spiro atoms. The van der Waals surface area contributed by atoms with Crippen molar-refractivity contribution in [3.63, 3.8) is 0 Å². The van der Waals surface area contributed by atoms with Gasteiger partial charge >= 0.3 is 7.12 Å². The second-order valence-corrected chi connectivity index (χ2v) is 7.50. The maximum Gasteiger partial charge on any atom is 0.494 e. The van der Waals surface area contributed by atoms with Crippen LogP contribution in [0.2, 0.25) is 0 Å². The van der Waals surface area contributed by atoms with Crippen LogP contribution in [0.3, 0.4) is 0 Å². The number of hydrogen-bond donors (Lipinski definition) is 0. The van der Waals surface area contributed by atoms with Crippen molar-refractivity contribution in [3.8, 4) is 5.75 Å². The largest absolute Gasteiger partial charge is 0.496 e. The minimum atomic E-state index is -0.356. The van der Waals surface area contributed by atoms with E-state index in [9.17, 15) is 0 Å². The lowest BCUT2D eigenvalue weighted by atomic mass is 9.77. The van der Waals surface area contributed by atoms with Crippen LogP contribution >= 0.6 is 0 Å². The number of hydrogen-bond acceptors (Lipinski definition) is 4. The van der Waals surface area contributed by atoms with Crippen molar-refractivity contribution < 1.29 is 18.8 Å². The van der Waals surface area contributed by atoms with Gasteiger partial charge in [0.1, 0.15) is 5.75 Å². The van der Waals surface area contributed by atoms with Gasteiger partial charge in [-0.2, -0.15) is 0 Å². The van der Waals surface area contributed by atoms with E-state index in [0.29, 0.717) is 5.92 Å². The fourth-order valence-electron chi connectivity index (χ4n) is 3.18. The smallest absolute Gasteiger partial charge is 0.494 e. The molecule has 2 fully saturated rings. The molecule has 0 N–H and O–H groups in total. The summed E-state index contributed by atoms with van der Waals surface area (Å²) in [5.74, 6) is 1.30. The molecule has 2 aliphatic heterocycles. The Morgan fingerprint density at radius 3 is 2.39 bits per heavy atom.